The van der Waals surface area contributed by atoms with Gasteiger partial charge in [-0.1, -0.05) is 18.3 Å². The highest BCUT2D eigenvalue weighted by Gasteiger charge is 2.21. The van der Waals surface area contributed by atoms with Gasteiger partial charge in [0.25, 0.3) is 0 Å². The van der Waals surface area contributed by atoms with E-state index in [1.54, 1.807) is 0 Å². The molecule has 1 aromatic rings. The fourth-order valence-electron chi connectivity index (χ4n) is 0.932. The number of nitriles is 1. The Labute approximate surface area is 85.9 Å². The van der Waals surface area contributed by atoms with Crippen molar-refractivity contribution in [3.05, 3.63) is 6.20 Å². The summed E-state index contributed by atoms with van der Waals surface area (Å²) in [6.07, 6.45) is 1.46. The van der Waals surface area contributed by atoms with E-state index in [4.69, 9.17) is 5.26 Å². The monoisotopic (exact) mass is 210 g/mol. The standard InChI is InChI=1S/C8H10N4OS/c1-5(2)6(3-9)8(13)11-7-4-10-12-14-7/h4-6H,1-2H3,(H,11,13). The van der Waals surface area contributed by atoms with Crippen LogP contribution in [0.15, 0.2) is 6.20 Å². The lowest BCUT2D eigenvalue weighted by atomic mass is 9.97. The van der Waals surface area contributed by atoms with E-state index in [0.717, 1.165) is 11.5 Å². The minimum Gasteiger partial charge on any atom is -0.314 e. The van der Waals surface area contributed by atoms with Crippen molar-refractivity contribution in [1.82, 2.24) is 9.59 Å². The van der Waals surface area contributed by atoms with Crippen LogP contribution in [0.2, 0.25) is 0 Å². The third kappa shape index (κ3) is 2.50. The van der Waals surface area contributed by atoms with Gasteiger partial charge in [0.1, 0.15) is 10.9 Å². The first-order chi connectivity index (χ1) is 6.65. The Morgan fingerprint density at radius 1 is 1.71 bits per heavy atom. The summed E-state index contributed by atoms with van der Waals surface area (Å²) in [5.41, 5.74) is 0. The Morgan fingerprint density at radius 2 is 2.43 bits per heavy atom. The van der Waals surface area contributed by atoms with Gasteiger partial charge in [0.05, 0.1) is 12.3 Å². The molecule has 0 fully saturated rings. The Kier molecular flexibility index (Phi) is 3.54. The third-order valence-corrected chi connectivity index (χ3v) is 2.28. The molecule has 0 saturated heterocycles. The molecular formula is C8H10N4OS. The Balaban J connectivity index is 2.62. The number of hydrogen-bond acceptors (Lipinski definition) is 5. The van der Waals surface area contributed by atoms with Crippen LogP contribution in [0, 0.1) is 23.2 Å². The smallest absolute Gasteiger partial charge is 0.242 e. The van der Waals surface area contributed by atoms with Gasteiger partial charge < -0.3 is 5.32 Å². The molecule has 1 unspecified atom stereocenters. The molecule has 5 nitrogen and oxygen atoms in total. The van der Waals surface area contributed by atoms with Gasteiger partial charge in [0, 0.05) is 11.5 Å². The molecule has 1 atom stereocenters. The number of carbonyl (C=O) groups excluding carboxylic acids is 1. The number of amides is 1. The number of hydrogen-bond donors (Lipinski definition) is 1. The predicted molar refractivity (Wildman–Crippen MR) is 52.5 cm³/mol. The summed E-state index contributed by atoms with van der Waals surface area (Å²) in [6, 6.07) is 1.97. The van der Waals surface area contributed by atoms with Gasteiger partial charge in [-0.3, -0.25) is 4.79 Å². The van der Waals surface area contributed by atoms with Crippen LogP contribution in [-0.2, 0) is 4.79 Å². The second-order valence-corrected chi connectivity index (χ2v) is 3.91. The molecule has 0 saturated carbocycles. The van der Waals surface area contributed by atoms with Crippen molar-refractivity contribution >= 4 is 22.4 Å². The first-order valence-electron chi connectivity index (χ1n) is 4.13. The van der Waals surface area contributed by atoms with E-state index < -0.39 is 5.92 Å². The van der Waals surface area contributed by atoms with Crippen LogP contribution < -0.4 is 5.32 Å². The maximum atomic E-state index is 11.5. The molecule has 0 aliphatic carbocycles. The van der Waals surface area contributed by atoms with Crippen molar-refractivity contribution in [1.29, 1.82) is 5.26 Å². The average Bonchev–Trinajstić information content (AvgIpc) is 2.57. The first-order valence-corrected chi connectivity index (χ1v) is 4.90. The second-order valence-electron chi connectivity index (χ2n) is 3.12. The first kappa shape index (κ1) is 10.6. The largest absolute Gasteiger partial charge is 0.314 e. The topological polar surface area (TPSA) is 78.7 Å². The zero-order valence-corrected chi connectivity index (χ0v) is 8.71. The van der Waals surface area contributed by atoms with Crippen LogP contribution in [0.1, 0.15) is 13.8 Å². The van der Waals surface area contributed by atoms with Crippen LogP contribution in [0.5, 0.6) is 0 Å². The van der Waals surface area contributed by atoms with Crippen molar-refractivity contribution < 1.29 is 4.79 Å². The van der Waals surface area contributed by atoms with Gasteiger partial charge in [-0.15, -0.1) is 5.10 Å². The Hall–Kier alpha value is -1.48. The van der Waals surface area contributed by atoms with Crippen molar-refractivity contribution in [2.75, 3.05) is 5.32 Å². The average molecular weight is 210 g/mol. The van der Waals surface area contributed by atoms with Crippen LogP contribution in [0.4, 0.5) is 5.00 Å². The summed E-state index contributed by atoms with van der Waals surface area (Å²) < 4.78 is 3.60. The quantitative estimate of drug-likeness (QED) is 0.814. The molecule has 0 aromatic carbocycles. The molecule has 6 heteroatoms. The summed E-state index contributed by atoms with van der Waals surface area (Å²) in [4.78, 5) is 11.5. The van der Waals surface area contributed by atoms with E-state index in [-0.39, 0.29) is 11.8 Å². The molecule has 1 aromatic heterocycles. The number of nitrogens with one attached hydrogen (secondary N) is 1. The molecule has 0 radical (unpaired) electrons. The number of nitrogens with zero attached hydrogens (tertiary/aromatic N) is 3. The van der Waals surface area contributed by atoms with Crippen molar-refractivity contribution in [2.45, 2.75) is 13.8 Å². The molecular weight excluding hydrogens is 200 g/mol. The molecule has 1 amide bonds. The van der Waals surface area contributed by atoms with Crippen LogP contribution in [-0.4, -0.2) is 15.5 Å². The van der Waals surface area contributed by atoms with E-state index >= 15 is 0 Å². The highest BCUT2D eigenvalue weighted by Crippen LogP contribution is 2.15. The number of carbonyl (C=O) groups is 1. The zero-order chi connectivity index (χ0) is 10.6. The highest BCUT2D eigenvalue weighted by atomic mass is 32.1. The van der Waals surface area contributed by atoms with E-state index in [1.807, 2.05) is 19.9 Å². The fraction of sp³-hybridized carbons (Fsp3) is 0.500. The summed E-state index contributed by atoms with van der Waals surface area (Å²) in [6.45, 7) is 3.66. The lowest BCUT2D eigenvalue weighted by Crippen LogP contribution is -2.25. The maximum absolute atomic E-state index is 11.5. The number of anilines is 1. The van der Waals surface area contributed by atoms with Gasteiger partial charge >= 0.3 is 0 Å². The third-order valence-electron chi connectivity index (χ3n) is 1.70. The SMILES string of the molecule is CC(C)C(C#N)C(=O)Nc1cnns1. The summed E-state index contributed by atoms with van der Waals surface area (Å²) in [5, 5.41) is 15.5. The van der Waals surface area contributed by atoms with E-state index in [2.05, 4.69) is 14.9 Å². The van der Waals surface area contributed by atoms with Crippen LogP contribution in [0.25, 0.3) is 0 Å². The molecule has 1 N–H and O–H groups in total. The van der Waals surface area contributed by atoms with E-state index in [9.17, 15) is 4.79 Å². The lowest BCUT2D eigenvalue weighted by Gasteiger charge is -2.10. The van der Waals surface area contributed by atoms with E-state index in [1.165, 1.54) is 6.20 Å². The molecule has 1 rings (SSSR count). The summed E-state index contributed by atoms with van der Waals surface area (Å²) in [5.74, 6) is -0.925. The fourth-order valence-corrected chi connectivity index (χ4v) is 1.35. The summed E-state index contributed by atoms with van der Waals surface area (Å²) in [7, 11) is 0. The number of aromatic nitrogens is 2. The second kappa shape index (κ2) is 4.67. The predicted octanol–water partition coefficient (Wildman–Crippen LogP) is 1.27. The molecule has 0 bridgehead atoms. The van der Waals surface area contributed by atoms with Crippen molar-refractivity contribution in [3.63, 3.8) is 0 Å². The van der Waals surface area contributed by atoms with E-state index in [0.29, 0.717) is 5.00 Å². The van der Waals surface area contributed by atoms with Gasteiger partial charge in [-0.2, -0.15) is 5.26 Å². The van der Waals surface area contributed by atoms with Crippen LogP contribution in [0.3, 0.4) is 0 Å². The van der Waals surface area contributed by atoms with Crippen molar-refractivity contribution in [3.8, 4) is 6.07 Å². The zero-order valence-electron chi connectivity index (χ0n) is 7.89. The molecule has 0 aliphatic rings. The minimum atomic E-state index is -0.628. The van der Waals surface area contributed by atoms with Gasteiger partial charge in [-0.25, -0.2) is 0 Å². The number of rotatable bonds is 3. The van der Waals surface area contributed by atoms with Gasteiger partial charge in [-0.05, 0) is 5.92 Å². The molecule has 0 aliphatic heterocycles. The van der Waals surface area contributed by atoms with Crippen LogP contribution >= 0.6 is 11.5 Å². The maximum Gasteiger partial charge on any atom is 0.242 e. The van der Waals surface area contributed by atoms with Crippen molar-refractivity contribution in [2.24, 2.45) is 11.8 Å². The highest BCUT2D eigenvalue weighted by molar-refractivity contribution is 7.10. The van der Waals surface area contributed by atoms with Gasteiger partial charge in [0.15, 0.2) is 0 Å². The molecule has 0 spiro atoms. The minimum absolute atomic E-state index is 0.000815. The lowest BCUT2D eigenvalue weighted by molar-refractivity contribution is -0.119. The Morgan fingerprint density at radius 3 is 2.86 bits per heavy atom. The molecule has 1 heterocycles. The normalized spacial score (nSPS) is 12.1. The summed E-state index contributed by atoms with van der Waals surface area (Å²) >= 11 is 1.09. The molecule has 14 heavy (non-hydrogen) atoms. The Bertz CT molecular complexity index is 341. The molecule has 74 valence electrons. The van der Waals surface area contributed by atoms with Gasteiger partial charge in [0.2, 0.25) is 5.91 Å².